The fourth-order valence-corrected chi connectivity index (χ4v) is 1.34. The van der Waals surface area contributed by atoms with Crippen LogP contribution < -0.4 is 5.32 Å². The third-order valence-electron chi connectivity index (χ3n) is 2.37. The fourth-order valence-electron chi connectivity index (χ4n) is 1.34. The van der Waals surface area contributed by atoms with Gasteiger partial charge in [-0.3, -0.25) is 0 Å². The highest BCUT2D eigenvalue weighted by atomic mass is 19.1. The molecule has 0 bridgehead atoms. The largest absolute Gasteiger partial charge is 0.310 e. The van der Waals surface area contributed by atoms with Crippen molar-refractivity contribution in [3.8, 4) is 0 Å². The van der Waals surface area contributed by atoms with Crippen LogP contribution in [-0.4, -0.2) is 6.04 Å². The van der Waals surface area contributed by atoms with Crippen LogP contribution in [-0.2, 0) is 6.54 Å². The van der Waals surface area contributed by atoms with Gasteiger partial charge in [0.05, 0.1) is 0 Å². The van der Waals surface area contributed by atoms with Gasteiger partial charge in [-0.1, -0.05) is 12.1 Å². The number of benzene rings is 1. The van der Waals surface area contributed by atoms with E-state index in [1.54, 1.807) is 6.07 Å². The van der Waals surface area contributed by atoms with Crippen LogP contribution in [0.3, 0.4) is 0 Å². The molecular formula is C11H14FN. The molecule has 0 amide bonds. The summed E-state index contributed by atoms with van der Waals surface area (Å²) in [7, 11) is 0. The summed E-state index contributed by atoms with van der Waals surface area (Å²) in [5.41, 5.74) is 1.75. The number of aryl methyl sites for hydroxylation is 1. The molecule has 0 unspecified atom stereocenters. The maximum absolute atomic E-state index is 13.3. The molecule has 0 spiro atoms. The topological polar surface area (TPSA) is 12.0 Å². The van der Waals surface area contributed by atoms with Gasteiger partial charge in [0, 0.05) is 18.2 Å². The molecule has 0 saturated heterocycles. The Morgan fingerprint density at radius 2 is 2.23 bits per heavy atom. The van der Waals surface area contributed by atoms with Crippen LogP contribution in [0.1, 0.15) is 24.0 Å². The lowest BCUT2D eigenvalue weighted by atomic mass is 10.1. The van der Waals surface area contributed by atoms with Crippen molar-refractivity contribution >= 4 is 0 Å². The Kier molecular flexibility index (Phi) is 2.32. The quantitative estimate of drug-likeness (QED) is 0.751. The summed E-state index contributed by atoms with van der Waals surface area (Å²) >= 11 is 0. The number of halogens is 1. The van der Waals surface area contributed by atoms with Crippen molar-refractivity contribution in [1.82, 2.24) is 5.32 Å². The zero-order valence-electron chi connectivity index (χ0n) is 7.81. The van der Waals surface area contributed by atoms with Gasteiger partial charge in [0.15, 0.2) is 0 Å². The molecule has 2 heteroatoms. The minimum Gasteiger partial charge on any atom is -0.310 e. The zero-order chi connectivity index (χ0) is 9.26. The number of nitrogens with one attached hydrogen (secondary N) is 1. The molecule has 13 heavy (non-hydrogen) atoms. The van der Waals surface area contributed by atoms with Gasteiger partial charge in [0.2, 0.25) is 0 Å². The SMILES string of the molecule is Cc1ccc(CNC2CC2)c(F)c1. The lowest BCUT2D eigenvalue weighted by Crippen LogP contribution is -2.16. The second-order valence-electron chi connectivity index (χ2n) is 3.75. The molecule has 1 aliphatic carbocycles. The lowest BCUT2D eigenvalue weighted by Gasteiger charge is -2.04. The summed E-state index contributed by atoms with van der Waals surface area (Å²) in [6, 6.07) is 6.04. The Labute approximate surface area is 78.0 Å². The number of rotatable bonds is 3. The monoisotopic (exact) mass is 179 g/mol. The second-order valence-corrected chi connectivity index (χ2v) is 3.75. The van der Waals surface area contributed by atoms with Gasteiger partial charge in [-0.25, -0.2) is 4.39 Å². The van der Waals surface area contributed by atoms with E-state index in [1.165, 1.54) is 12.8 Å². The summed E-state index contributed by atoms with van der Waals surface area (Å²) in [6.07, 6.45) is 2.49. The molecule has 0 radical (unpaired) electrons. The van der Waals surface area contributed by atoms with E-state index in [9.17, 15) is 4.39 Å². The Balaban J connectivity index is 2.01. The molecule has 1 N–H and O–H groups in total. The highest BCUT2D eigenvalue weighted by molar-refractivity contribution is 5.23. The molecule has 1 aromatic carbocycles. The van der Waals surface area contributed by atoms with Crippen molar-refractivity contribution in [2.45, 2.75) is 32.4 Å². The van der Waals surface area contributed by atoms with Crippen molar-refractivity contribution in [2.24, 2.45) is 0 Å². The Morgan fingerprint density at radius 3 is 2.85 bits per heavy atom. The van der Waals surface area contributed by atoms with Gasteiger partial charge in [-0.2, -0.15) is 0 Å². The van der Waals surface area contributed by atoms with Crippen molar-refractivity contribution in [3.63, 3.8) is 0 Å². The Hall–Kier alpha value is -0.890. The van der Waals surface area contributed by atoms with E-state index in [4.69, 9.17) is 0 Å². The number of hydrogen-bond donors (Lipinski definition) is 1. The van der Waals surface area contributed by atoms with Gasteiger partial charge < -0.3 is 5.32 Å². The van der Waals surface area contributed by atoms with Crippen molar-refractivity contribution < 1.29 is 4.39 Å². The van der Waals surface area contributed by atoms with E-state index < -0.39 is 0 Å². The average molecular weight is 179 g/mol. The molecule has 1 aromatic rings. The number of hydrogen-bond acceptors (Lipinski definition) is 1. The van der Waals surface area contributed by atoms with Crippen LogP contribution in [0.2, 0.25) is 0 Å². The molecule has 0 aliphatic heterocycles. The highest BCUT2D eigenvalue weighted by Crippen LogP contribution is 2.19. The smallest absolute Gasteiger partial charge is 0.127 e. The normalized spacial score (nSPS) is 16.2. The maximum Gasteiger partial charge on any atom is 0.127 e. The van der Waals surface area contributed by atoms with E-state index in [2.05, 4.69) is 5.32 Å². The van der Waals surface area contributed by atoms with E-state index in [0.29, 0.717) is 12.6 Å². The van der Waals surface area contributed by atoms with E-state index in [-0.39, 0.29) is 5.82 Å². The van der Waals surface area contributed by atoms with Crippen LogP contribution in [0.15, 0.2) is 18.2 Å². The van der Waals surface area contributed by atoms with E-state index >= 15 is 0 Å². The van der Waals surface area contributed by atoms with Crippen LogP contribution in [0.25, 0.3) is 0 Å². The van der Waals surface area contributed by atoms with E-state index in [1.807, 2.05) is 19.1 Å². The molecule has 1 aliphatic rings. The van der Waals surface area contributed by atoms with E-state index in [0.717, 1.165) is 11.1 Å². The maximum atomic E-state index is 13.3. The van der Waals surface area contributed by atoms with Crippen LogP contribution in [0.4, 0.5) is 4.39 Å². The predicted octanol–water partition coefficient (Wildman–Crippen LogP) is 2.39. The van der Waals surface area contributed by atoms with Crippen LogP contribution in [0, 0.1) is 12.7 Å². The molecular weight excluding hydrogens is 165 g/mol. The Morgan fingerprint density at radius 1 is 1.46 bits per heavy atom. The van der Waals surface area contributed by atoms with Gasteiger partial charge in [-0.05, 0) is 31.4 Å². The molecule has 1 saturated carbocycles. The summed E-state index contributed by atoms with van der Waals surface area (Å²) in [5.74, 6) is -0.0897. The first-order chi connectivity index (χ1) is 6.25. The third kappa shape index (κ3) is 2.28. The standard InChI is InChI=1S/C11H14FN/c1-8-2-3-9(11(12)6-8)7-13-10-4-5-10/h2-3,6,10,13H,4-5,7H2,1H3. The molecule has 0 heterocycles. The minimum atomic E-state index is -0.0897. The lowest BCUT2D eigenvalue weighted by molar-refractivity contribution is 0.586. The fraction of sp³-hybridized carbons (Fsp3) is 0.455. The zero-order valence-corrected chi connectivity index (χ0v) is 7.81. The molecule has 1 fully saturated rings. The first kappa shape index (κ1) is 8.70. The highest BCUT2D eigenvalue weighted by Gasteiger charge is 2.20. The van der Waals surface area contributed by atoms with Crippen molar-refractivity contribution in [2.75, 3.05) is 0 Å². The van der Waals surface area contributed by atoms with Gasteiger partial charge in [-0.15, -0.1) is 0 Å². The van der Waals surface area contributed by atoms with Crippen LogP contribution in [0.5, 0.6) is 0 Å². The average Bonchev–Trinajstić information content (AvgIpc) is 2.86. The molecule has 0 aromatic heterocycles. The first-order valence-electron chi connectivity index (χ1n) is 4.74. The molecule has 2 rings (SSSR count). The summed E-state index contributed by atoms with van der Waals surface area (Å²) < 4.78 is 13.3. The van der Waals surface area contributed by atoms with Crippen molar-refractivity contribution in [3.05, 3.63) is 35.1 Å². The molecule has 1 nitrogen and oxygen atoms in total. The third-order valence-corrected chi connectivity index (χ3v) is 2.37. The summed E-state index contributed by atoms with van der Waals surface area (Å²) in [4.78, 5) is 0. The predicted molar refractivity (Wildman–Crippen MR) is 51.0 cm³/mol. The summed E-state index contributed by atoms with van der Waals surface area (Å²) in [5, 5.41) is 3.29. The first-order valence-corrected chi connectivity index (χ1v) is 4.74. The summed E-state index contributed by atoms with van der Waals surface area (Å²) in [6.45, 7) is 2.57. The van der Waals surface area contributed by atoms with Gasteiger partial charge in [0.25, 0.3) is 0 Å². The van der Waals surface area contributed by atoms with Gasteiger partial charge in [0.1, 0.15) is 5.82 Å². The van der Waals surface area contributed by atoms with Crippen LogP contribution >= 0.6 is 0 Å². The van der Waals surface area contributed by atoms with Crippen molar-refractivity contribution in [1.29, 1.82) is 0 Å². The van der Waals surface area contributed by atoms with Gasteiger partial charge >= 0.3 is 0 Å². The molecule has 70 valence electrons. The minimum absolute atomic E-state index is 0.0897. The Bertz CT molecular complexity index is 305. The second kappa shape index (κ2) is 3.46. The molecule has 0 atom stereocenters.